The van der Waals surface area contributed by atoms with Gasteiger partial charge in [0.2, 0.25) is 22.7 Å². The minimum absolute atomic E-state index is 0.135. The van der Waals surface area contributed by atoms with Crippen LogP contribution in [0.5, 0.6) is 0 Å². The van der Waals surface area contributed by atoms with Crippen LogP contribution in [0.15, 0.2) is 431 Å². The Morgan fingerprint density at radius 1 is 0.211 bits per heavy atom. The van der Waals surface area contributed by atoms with E-state index in [0.29, 0.717) is 22.7 Å². The van der Waals surface area contributed by atoms with Crippen molar-refractivity contribution >= 4 is 171 Å². The number of anilines is 3. The molecule has 26 aromatic rings. The number of hydrogen-bond donors (Lipinski definition) is 0. The molecule has 0 spiro atoms. The second kappa shape index (κ2) is 37.4. The van der Waals surface area contributed by atoms with Crippen LogP contribution in [0, 0.1) is 94.9 Å². The highest BCUT2D eigenvalue weighted by Crippen LogP contribution is 2.50. The molecule has 0 saturated heterocycles. The first-order valence-electron chi connectivity index (χ1n) is 46.9. The summed E-state index contributed by atoms with van der Waals surface area (Å²) in [4.78, 5) is 15.8. The number of benzene rings is 20. The number of hydrogen-bond acceptors (Lipinski definition) is 5. The third-order valence-electron chi connectivity index (χ3n) is 27.2. The molecule has 0 saturated carbocycles. The first-order chi connectivity index (χ1) is 72.3. The molecule has 147 heavy (non-hydrogen) atoms. The Kier molecular flexibility index (Phi) is 22.8. The Bertz CT molecular complexity index is 10100. The number of nitriles is 4. The number of fused-ring (bicyclic) bond motifs is 20. The quantitative estimate of drug-likeness (QED) is 0.0935. The van der Waals surface area contributed by atoms with E-state index in [1.165, 1.54) is 30.3 Å². The first kappa shape index (κ1) is 89.5. The molecule has 0 radical (unpaired) electrons. The fraction of sp³-hybridized carbons (Fsp3) is 0. The smallest absolute Gasteiger partial charge is 0.246 e. The summed E-state index contributed by atoms with van der Waals surface area (Å²) in [7, 11) is 0. The van der Waals surface area contributed by atoms with Crippen LogP contribution in [0.4, 0.5) is 57.4 Å². The normalized spacial score (nSPS) is 11.1. The molecule has 686 valence electrons. The molecule has 19 heteroatoms. The predicted octanol–water partition coefficient (Wildman–Crippen LogP) is 34.4. The van der Waals surface area contributed by atoms with Gasteiger partial charge in [-0.2, -0.15) is 21.0 Å². The Labute approximate surface area is 838 Å². The molecule has 6 aromatic heterocycles. The molecule has 0 aliphatic heterocycles. The number of para-hydroxylation sites is 9. The Hall–Kier alpha value is -21.4. The van der Waals surface area contributed by atoms with Gasteiger partial charge in [0.1, 0.15) is 47.5 Å². The lowest BCUT2D eigenvalue weighted by Gasteiger charge is -2.26. The summed E-state index contributed by atoms with van der Waals surface area (Å²) in [5.74, 6) is -3.17. The van der Waals surface area contributed by atoms with E-state index >= 15 is 13.2 Å². The Morgan fingerprint density at radius 2 is 0.510 bits per heavy atom. The molecular formula is C128H71F4N15. The molecule has 0 amide bonds. The SMILES string of the molecule is [C-]#[N+]c1c(-n2c3ccccc3c3c2ccc2c4ccccc4n(-c4ccccc4)c23)ccc(C#N)c1F.[C-]#[N+]c1c(-n2c3ccccc3c3cc4c(cc32)c2ccccc2n4-c2ccccc2)ccc(C#N)c1F.[C-]#[N+]c1c(-n2c3ccccc3c3ccc4c5ccccc5n(-c5ccccc5)c4c32)ccc(C#N)c1F.[C-]#[N+]c1cc(N(c2ccc(-c3ccccc3)cc2)c2ccc(-c3ccccc3)cc2)cc(C#N)c1F. The maximum atomic E-state index is 15.3. The fourth-order valence-electron chi connectivity index (χ4n) is 20.7. The van der Waals surface area contributed by atoms with E-state index in [1.807, 2.05) is 292 Å². The van der Waals surface area contributed by atoms with Crippen LogP contribution in [-0.4, -0.2) is 27.4 Å². The summed E-state index contributed by atoms with van der Waals surface area (Å²) in [6.45, 7) is 30.6. The van der Waals surface area contributed by atoms with Crippen LogP contribution in [0.1, 0.15) is 22.3 Å². The van der Waals surface area contributed by atoms with Crippen molar-refractivity contribution in [2.45, 2.75) is 0 Å². The molecule has 6 heterocycles. The Balaban J connectivity index is 0.000000108. The van der Waals surface area contributed by atoms with Crippen LogP contribution in [0.2, 0.25) is 0 Å². The second-order valence-corrected chi connectivity index (χ2v) is 35.0. The lowest BCUT2D eigenvalue weighted by Crippen LogP contribution is -2.10. The average Bonchev–Trinajstić information content (AvgIpc) is 1.58. The van der Waals surface area contributed by atoms with Gasteiger partial charge in [-0.25, -0.2) is 36.9 Å². The molecular weight excluding hydrogens is 1820 g/mol. The molecule has 0 unspecified atom stereocenters. The van der Waals surface area contributed by atoms with Gasteiger partial charge in [0, 0.05) is 98.8 Å². The van der Waals surface area contributed by atoms with Gasteiger partial charge in [0.15, 0.2) is 0 Å². The third kappa shape index (κ3) is 15.0. The van der Waals surface area contributed by atoms with E-state index in [2.05, 4.69) is 167 Å². The van der Waals surface area contributed by atoms with Crippen LogP contribution in [-0.2, 0) is 0 Å². The number of rotatable bonds is 11. The van der Waals surface area contributed by atoms with Crippen molar-refractivity contribution in [1.29, 1.82) is 21.0 Å². The largest absolute Gasteiger partial charge is 0.319 e. The second-order valence-electron chi connectivity index (χ2n) is 35.0. The van der Waals surface area contributed by atoms with E-state index < -0.39 is 23.3 Å². The van der Waals surface area contributed by atoms with Crippen LogP contribution >= 0.6 is 0 Å². The first-order valence-corrected chi connectivity index (χ1v) is 46.9. The number of nitrogens with zero attached hydrogens (tertiary/aromatic N) is 15. The maximum Gasteiger partial charge on any atom is 0.246 e. The highest BCUT2D eigenvalue weighted by Gasteiger charge is 2.30. The molecule has 0 fully saturated rings. The van der Waals surface area contributed by atoms with Crippen molar-refractivity contribution in [3.05, 3.63) is 522 Å². The molecule has 0 aliphatic rings. The minimum atomic E-state index is -0.796. The van der Waals surface area contributed by atoms with E-state index in [4.69, 9.17) is 26.3 Å². The van der Waals surface area contributed by atoms with Crippen molar-refractivity contribution in [1.82, 2.24) is 27.4 Å². The molecule has 15 nitrogen and oxygen atoms in total. The maximum absolute atomic E-state index is 15.3. The standard InChI is InChI=1S/3C32H17FN4.C32H20FN3/c1-35-30-28(18-15-20(19-34)29(30)33)37-27-14-8-6-12-23(27)25-17-16-24-22-11-5-7-13-26(22)36(31(24)32(25)37)21-9-3-2-4-10-21;1-35-31-28(17-15-20(19-34)30(31)33)37-26-14-8-6-12-24(26)29-27(37)18-16-23-22-11-5-7-13-25(22)36(32(23)29)21-9-3-2-4-10-21;1-35-32-28(16-15-20(19-34)31(32)33)37-27-14-8-6-12-23(27)25-17-29-24(18-30(25)37)22-11-5-7-13-26(22)36(29)21-9-3-2-4-10-21;1-35-31-21-30(20-27(22-34)32(31)33)36(28-16-12-25(13-17-28)23-8-4-2-5-9-23)29-18-14-26(15-19-29)24-10-6-3-7-11-24/h3*2-18H;2-21H. The summed E-state index contributed by atoms with van der Waals surface area (Å²) in [6, 6.07) is 148. The predicted molar refractivity (Wildman–Crippen MR) is 581 cm³/mol. The summed E-state index contributed by atoms with van der Waals surface area (Å²) >= 11 is 0. The van der Waals surface area contributed by atoms with Crippen LogP contribution in [0.25, 0.3) is 207 Å². The van der Waals surface area contributed by atoms with Crippen molar-refractivity contribution in [3.8, 4) is 80.7 Å². The molecule has 26 rings (SSSR count). The summed E-state index contributed by atoms with van der Waals surface area (Å²) in [5.41, 5.74) is 21.2. The van der Waals surface area contributed by atoms with Crippen molar-refractivity contribution < 1.29 is 17.6 Å². The lowest BCUT2D eigenvalue weighted by atomic mass is 10.0. The zero-order chi connectivity index (χ0) is 100. The van der Waals surface area contributed by atoms with E-state index in [1.54, 1.807) is 18.2 Å². The number of halogens is 4. The molecule has 0 bridgehead atoms. The summed E-state index contributed by atoms with van der Waals surface area (Å²) < 4.78 is 72.8. The third-order valence-corrected chi connectivity index (χ3v) is 27.2. The number of aromatic nitrogens is 6. The molecule has 0 atom stereocenters. The van der Waals surface area contributed by atoms with Crippen molar-refractivity contribution in [2.75, 3.05) is 4.90 Å². The summed E-state index contributed by atoms with van der Waals surface area (Å²) in [5, 5.41) is 50.2. The van der Waals surface area contributed by atoms with E-state index in [0.717, 1.165) is 182 Å². The van der Waals surface area contributed by atoms with E-state index in [-0.39, 0.29) is 45.0 Å². The van der Waals surface area contributed by atoms with E-state index in [9.17, 15) is 25.4 Å². The highest BCUT2D eigenvalue weighted by atomic mass is 19.1. The zero-order valence-corrected chi connectivity index (χ0v) is 77.7. The minimum Gasteiger partial charge on any atom is -0.319 e. The van der Waals surface area contributed by atoms with Crippen LogP contribution < -0.4 is 4.90 Å². The van der Waals surface area contributed by atoms with Gasteiger partial charge in [0.05, 0.1) is 132 Å². The molecule has 0 N–H and O–H groups in total. The fourth-order valence-corrected chi connectivity index (χ4v) is 20.7. The van der Waals surface area contributed by atoms with Gasteiger partial charge in [-0.15, -0.1) is 0 Å². The van der Waals surface area contributed by atoms with Gasteiger partial charge >= 0.3 is 0 Å². The topological polar surface area (TPSA) is 145 Å². The van der Waals surface area contributed by atoms with Gasteiger partial charge in [-0.3, -0.25) is 0 Å². The molecule has 20 aromatic carbocycles. The highest BCUT2D eigenvalue weighted by molar-refractivity contribution is 6.28. The van der Waals surface area contributed by atoms with Crippen molar-refractivity contribution in [2.24, 2.45) is 0 Å². The van der Waals surface area contributed by atoms with Crippen LogP contribution in [0.3, 0.4) is 0 Å². The lowest BCUT2D eigenvalue weighted by molar-refractivity contribution is 0.628. The van der Waals surface area contributed by atoms with Crippen molar-refractivity contribution in [3.63, 3.8) is 0 Å². The van der Waals surface area contributed by atoms with Gasteiger partial charge < -0.3 is 32.3 Å². The zero-order valence-electron chi connectivity index (χ0n) is 77.7. The average molecular weight is 1900 g/mol. The van der Waals surface area contributed by atoms with Gasteiger partial charge in [0.25, 0.3) is 0 Å². The molecule has 0 aliphatic carbocycles. The van der Waals surface area contributed by atoms with Gasteiger partial charge in [-0.1, -0.05) is 267 Å². The Morgan fingerprint density at radius 3 is 0.912 bits per heavy atom. The van der Waals surface area contributed by atoms with Gasteiger partial charge in [-0.05, 0) is 186 Å². The summed E-state index contributed by atoms with van der Waals surface area (Å²) in [6.07, 6.45) is 0. The monoisotopic (exact) mass is 1890 g/mol.